The number of para-hydroxylation sites is 1. The van der Waals surface area contributed by atoms with Gasteiger partial charge in [0, 0.05) is 11.7 Å². The van der Waals surface area contributed by atoms with Gasteiger partial charge in [0.25, 0.3) is 0 Å². The quantitative estimate of drug-likeness (QED) is 0.324. The van der Waals surface area contributed by atoms with E-state index in [1.807, 2.05) is 79.7 Å². The third kappa shape index (κ3) is 4.97. The minimum absolute atomic E-state index is 0.0752. The van der Waals surface area contributed by atoms with Crippen LogP contribution in [0.2, 0.25) is 0 Å². The van der Waals surface area contributed by atoms with Crippen LogP contribution in [-0.2, 0) is 19.1 Å². The predicted octanol–water partition coefficient (Wildman–Crippen LogP) is 5.78. The summed E-state index contributed by atoms with van der Waals surface area (Å²) in [5.41, 5.74) is 0.298. The number of nitrogens with one attached hydrogen (secondary N) is 2. The summed E-state index contributed by atoms with van der Waals surface area (Å²) in [5, 5.41) is 6.25. The second-order valence-electron chi connectivity index (χ2n) is 12.3. The number of carbonyl (C=O) groups excluding carboxylic acids is 3. The molecule has 3 amide bonds. The van der Waals surface area contributed by atoms with E-state index >= 15 is 0 Å². The van der Waals surface area contributed by atoms with Gasteiger partial charge >= 0.3 is 0 Å². The number of ether oxygens (including phenoxy) is 2. The van der Waals surface area contributed by atoms with Crippen molar-refractivity contribution in [3.8, 4) is 11.5 Å². The van der Waals surface area contributed by atoms with Gasteiger partial charge < -0.3 is 25.0 Å². The Morgan fingerprint density at radius 1 is 0.886 bits per heavy atom. The van der Waals surface area contributed by atoms with Crippen LogP contribution in [0.25, 0.3) is 0 Å². The van der Waals surface area contributed by atoms with Gasteiger partial charge in [0.1, 0.15) is 23.1 Å². The van der Waals surface area contributed by atoms with Crippen molar-refractivity contribution >= 4 is 23.4 Å². The topological polar surface area (TPSA) is 97.0 Å². The van der Waals surface area contributed by atoms with Crippen molar-refractivity contribution < 1.29 is 23.9 Å². The van der Waals surface area contributed by atoms with Crippen LogP contribution in [0.5, 0.6) is 11.5 Å². The zero-order chi connectivity index (χ0) is 30.3. The number of hydrogen-bond donors (Lipinski definition) is 2. The van der Waals surface area contributed by atoms with Gasteiger partial charge in [-0.3, -0.25) is 14.4 Å². The molecule has 8 nitrogen and oxygen atoms in total. The molecule has 1 aliphatic carbocycles. The Labute approximate surface area is 257 Å². The highest BCUT2D eigenvalue weighted by atomic mass is 16.5. The number of likely N-dealkylation sites (tertiary alicyclic amines) is 1. The summed E-state index contributed by atoms with van der Waals surface area (Å²) >= 11 is 0. The van der Waals surface area contributed by atoms with E-state index in [0.29, 0.717) is 11.4 Å². The number of carbonyl (C=O) groups is 3. The minimum Gasteiger partial charge on any atom is -0.457 e. The fourth-order valence-corrected chi connectivity index (χ4v) is 7.50. The van der Waals surface area contributed by atoms with E-state index in [9.17, 15) is 14.4 Å². The van der Waals surface area contributed by atoms with Crippen molar-refractivity contribution in [3.63, 3.8) is 0 Å². The van der Waals surface area contributed by atoms with E-state index in [1.54, 1.807) is 29.2 Å². The molecule has 3 heterocycles. The SMILES string of the molecule is C[C@H](c1ccccc1)N1C(=O)[C@H]2[C@H](C(=O)Nc3ccc(Oc4ccccc4)cc3)[C@H]3C=C[C@@]2(O3)[C@H]1C(=O)NC1CCCCC1. The summed E-state index contributed by atoms with van der Waals surface area (Å²) in [6, 6.07) is 25.1. The number of anilines is 1. The Hall–Kier alpha value is -4.43. The standard InChI is InChI=1S/C36H37N3O5/c1-23(24-11-5-2-6-12-24)39-32(34(41)38-25-13-7-3-8-14-25)36-22-21-29(44-36)30(31(36)35(39)42)33(40)37-26-17-19-28(20-18-26)43-27-15-9-4-10-16-27/h2,4-6,9-12,15-23,25,29-32H,3,7-8,13-14H2,1H3,(H,37,40)(H,38,41)/t23-,29-,30-,31-,32-,36+/m1/s1. The Balaban J connectivity index is 1.15. The molecule has 4 aliphatic rings. The lowest BCUT2D eigenvalue weighted by Gasteiger charge is -2.37. The van der Waals surface area contributed by atoms with Gasteiger partial charge in [0.2, 0.25) is 17.7 Å². The second kappa shape index (κ2) is 11.6. The van der Waals surface area contributed by atoms with Crippen LogP contribution in [0.15, 0.2) is 97.1 Å². The van der Waals surface area contributed by atoms with Gasteiger partial charge in [0.05, 0.1) is 24.0 Å². The number of nitrogens with zero attached hydrogens (tertiary/aromatic N) is 1. The molecule has 0 unspecified atom stereocenters. The molecule has 3 aliphatic heterocycles. The highest BCUT2D eigenvalue weighted by molar-refractivity contribution is 6.03. The molecule has 226 valence electrons. The summed E-state index contributed by atoms with van der Waals surface area (Å²) in [6.45, 7) is 1.94. The van der Waals surface area contributed by atoms with Gasteiger partial charge in [-0.15, -0.1) is 0 Å². The first-order chi connectivity index (χ1) is 21.4. The number of rotatable bonds is 8. The summed E-state index contributed by atoms with van der Waals surface area (Å²) < 4.78 is 12.4. The van der Waals surface area contributed by atoms with Crippen LogP contribution in [0, 0.1) is 11.8 Å². The summed E-state index contributed by atoms with van der Waals surface area (Å²) in [6.07, 6.45) is 8.30. The first-order valence-electron chi connectivity index (χ1n) is 15.6. The zero-order valence-electron chi connectivity index (χ0n) is 24.7. The van der Waals surface area contributed by atoms with Gasteiger partial charge in [-0.2, -0.15) is 0 Å². The molecule has 2 N–H and O–H groups in total. The Kier molecular flexibility index (Phi) is 7.46. The molecule has 0 radical (unpaired) electrons. The summed E-state index contributed by atoms with van der Waals surface area (Å²) in [5.74, 6) is -0.979. The van der Waals surface area contributed by atoms with E-state index in [-0.39, 0.29) is 29.8 Å². The Morgan fingerprint density at radius 2 is 1.55 bits per heavy atom. The van der Waals surface area contributed by atoms with E-state index < -0.39 is 29.6 Å². The van der Waals surface area contributed by atoms with Crippen molar-refractivity contribution in [2.24, 2.45) is 11.8 Å². The maximum atomic E-state index is 14.4. The Bertz CT molecular complexity index is 1550. The molecule has 6 atom stereocenters. The van der Waals surface area contributed by atoms with E-state index in [0.717, 1.165) is 37.0 Å². The lowest BCUT2D eigenvalue weighted by molar-refractivity contribution is -0.143. The maximum absolute atomic E-state index is 14.4. The van der Waals surface area contributed by atoms with Crippen molar-refractivity contribution in [2.45, 2.75) is 68.9 Å². The first-order valence-corrected chi connectivity index (χ1v) is 15.6. The average Bonchev–Trinajstić information content (AvgIpc) is 3.70. The number of amides is 3. The lowest BCUT2D eigenvalue weighted by atomic mass is 9.74. The molecule has 3 aromatic rings. The molecule has 3 fully saturated rings. The van der Waals surface area contributed by atoms with Crippen molar-refractivity contribution in [1.82, 2.24) is 10.2 Å². The van der Waals surface area contributed by atoms with Crippen molar-refractivity contribution in [3.05, 3.63) is 103 Å². The smallest absolute Gasteiger partial charge is 0.246 e. The lowest BCUT2D eigenvalue weighted by Crippen LogP contribution is -2.56. The van der Waals surface area contributed by atoms with E-state index in [1.165, 1.54) is 6.42 Å². The maximum Gasteiger partial charge on any atom is 0.246 e. The van der Waals surface area contributed by atoms with Crippen LogP contribution >= 0.6 is 0 Å². The fraction of sp³-hybridized carbons (Fsp3) is 0.361. The van der Waals surface area contributed by atoms with Crippen LogP contribution < -0.4 is 15.4 Å². The molecule has 3 aromatic carbocycles. The molecule has 0 aromatic heterocycles. The molecule has 8 heteroatoms. The highest BCUT2D eigenvalue weighted by Gasteiger charge is 2.73. The van der Waals surface area contributed by atoms with Gasteiger partial charge in [0.15, 0.2) is 0 Å². The van der Waals surface area contributed by atoms with Crippen molar-refractivity contribution in [2.75, 3.05) is 5.32 Å². The second-order valence-corrected chi connectivity index (χ2v) is 12.3. The largest absolute Gasteiger partial charge is 0.457 e. The summed E-state index contributed by atoms with van der Waals surface area (Å²) in [7, 11) is 0. The molecule has 1 spiro atoms. The first kappa shape index (κ1) is 28.3. The molecular weight excluding hydrogens is 554 g/mol. The molecule has 7 rings (SSSR count). The molecule has 44 heavy (non-hydrogen) atoms. The predicted molar refractivity (Wildman–Crippen MR) is 166 cm³/mol. The molecule has 1 saturated carbocycles. The number of hydrogen-bond acceptors (Lipinski definition) is 5. The monoisotopic (exact) mass is 591 g/mol. The summed E-state index contributed by atoms with van der Waals surface area (Å²) in [4.78, 5) is 44.1. The van der Waals surface area contributed by atoms with E-state index in [4.69, 9.17) is 9.47 Å². The van der Waals surface area contributed by atoms with Gasteiger partial charge in [-0.1, -0.05) is 79.9 Å². The van der Waals surface area contributed by atoms with Gasteiger partial charge in [-0.05, 0) is 61.7 Å². The third-order valence-electron chi connectivity index (χ3n) is 9.61. The van der Waals surface area contributed by atoms with Crippen LogP contribution in [0.3, 0.4) is 0 Å². The van der Waals surface area contributed by atoms with Crippen LogP contribution in [0.1, 0.15) is 50.6 Å². The molecule has 2 bridgehead atoms. The molecular formula is C36H37N3O5. The number of benzene rings is 3. The van der Waals surface area contributed by atoms with E-state index in [2.05, 4.69) is 10.6 Å². The van der Waals surface area contributed by atoms with Gasteiger partial charge in [-0.25, -0.2) is 0 Å². The number of fused-ring (bicyclic) bond motifs is 1. The zero-order valence-corrected chi connectivity index (χ0v) is 24.7. The minimum atomic E-state index is -1.21. The third-order valence-corrected chi connectivity index (χ3v) is 9.61. The Morgan fingerprint density at radius 3 is 2.25 bits per heavy atom. The van der Waals surface area contributed by atoms with Crippen LogP contribution in [-0.4, -0.2) is 46.4 Å². The average molecular weight is 592 g/mol. The molecule has 2 saturated heterocycles. The van der Waals surface area contributed by atoms with Crippen LogP contribution in [0.4, 0.5) is 5.69 Å². The normalized spacial score (nSPS) is 28.0. The fourth-order valence-electron chi connectivity index (χ4n) is 7.50. The highest BCUT2D eigenvalue weighted by Crippen LogP contribution is 2.56. The van der Waals surface area contributed by atoms with Crippen molar-refractivity contribution in [1.29, 1.82) is 0 Å².